The number of halogens is 2. The third-order valence-corrected chi connectivity index (χ3v) is 4.63. The van der Waals surface area contributed by atoms with Gasteiger partial charge in [-0.25, -0.2) is 4.98 Å². The van der Waals surface area contributed by atoms with Crippen molar-refractivity contribution >= 4 is 45.9 Å². The molecule has 0 unspecified atom stereocenters. The molecule has 1 heterocycles. The first-order valence-corrected chi connectivity index (χ1v) is 8.99. The number of hydrogen-bond donors (Lipinski definition) is 1. The number of carbonyl (C=O) groups is 1. The number of aromatic nitrogens is 1. The number of anilines is 1. The van der Waals surface area contributed by atoms with Crippen molar-refractivity contribution in [2.45, 2.75) is 6.92 Å². The molecule has 0 bridgehead atoms. The van der Waals surface area contributed by atoms with Crippen molar-refractivity contribution in [1.29, 1.82) is 0 Å². The van der Waals surface area contributed by atoms with E-state index in [1.165, 1.54) is 6.07 Å². The van der Waals surface area contributed by atoms with Crippen LogP contribution in [-0.4, -0.2) is 10.9 Å². The molecule has 1 amide bonds. The number of aryl methyl sites for hydroxylation is 1. The molecule has 27 heavy (non-hydrogen) atoms. The number of amides is 1. The molecule has 1 aromatic heterocycles. The van der Waals surface area contributed by atoms with Gasteiger partial charge in [0.25, 0.3) is 5.91 Å². The molecule has 0 fully saturated rings. The van der Waals surface area contributed by atoms with Crippen LogP contribution in [0.5, 0.6) is 0 Å². The van der Waals surface area contributed by atoms with Crippen LogP contribution in [0.15, 0.2) is 65.1 Å². The lowest BCUT2D eigenvalue weighted by molar-refractivity contribution is 0.102. The van der Waals surface area contributed by atoms with E-state index in [0.29, 0.717) is 27.2 Å². The van der Waals surface area contributed by atoms with Crippen LogP contribution in [0.1, 0.15) is 15.9 Å². The summed E-state index contributed by atoms with van der Waals surface area (Å²) in [6.07, 6.45) is 0. The summed E-state index contributed by atoms with van der Waals surface area (Å²) in [4.78, 5) is 17.0. The highest BCUT2D eigenvalue weighted by Crippen LogP contribution is 2.27. The molecule has 0 saturated carbocycles. The average Bonchev–Trinajstić information content (AvgIpc) is 3.05. The van der Waals surface area contributed by atoms with Gasteiger partial charge in [0.15, 0.2) is 5.58 Å². The number of nitrogens with one attached hydrogen (secondary N) is 1. The van der Waals surface area contributed by atoms with Crippen LogP contribution >= 0.6 is 23.2 Å². The van der Waals surface area contributed by atoms with Crippen molar-refractivity contribution in [2.24, 2.45) is 0 Å². The van der Waals surface area contributed by atoms with Gasteiger partial charge in [0.05, 0.1) is 10.6 Å². The fraction of sp³-hybridized carbons (Fsp3) is 0.0476. The van der Waals surface area contributed by atoms with Crippen molar-refractivity contribution in [3.8, 4) is 11.5 Å². The quantitative estimate of drug-likeness (QED) is 0.438. The predicted octanol–water partition coefficient (Wildman–Crippen LogP) is 6.36. The van der Waals surface area contributed by atoms with E-state index in [2.05, 4.69) is 10.3 Å². The van der Waals surface area contributed by atoms with Crippen LogP contribution in [0.25, 0.3) is 22.6 Å². The third kappa shape index (κ3) is 3.68. The Bertz CT molecular complexity index is 1170. The van der Waals surface area contributed by atoms with Crippen LogP contribution < -0.4 is 5.32 Å². The van der Waals surface area contributed by atoms with Crippen molar-refractivity contribution < 1.29 is 9.21 Å². The monoisotopic (exact) mass is 396 g/mol. The van der Waals surface area contributed by atoms with Gasteiger partial charge in [-0.15, -0.1) is 0 Å². The molecule has 134 valence electrons. The van der Waals surface area contributed by atoms with Crippen molar-refractivity contribution in [3.63, 3.8) is 0 Å². The second-order valence-electron chi connectivity index (χ2n) is 6.15. The van der Waals surface area contributed by atoms with Crippen LogP contribution in [0.4, 0.5) is 5.69 Å². The lowest BCUT2D eigenvalue weighted by Crippen LogP contribution is -2.12. The molecule has 0 aliphatic carbocycles. The Balaban J connectivity index is 1.62. The Morgan fingerprint density at radius 3 is 2.70 bits per heavy atom. The van der Waals surface area contributed by atoms with Gasteiger partial charge in [-0.1, -0.05) is 35.3 Å². The summed E-state index contributed by atoms with van der Waals surface area (Å²) in [6, 6.07) is 17.9. The zero-order chi connectivity index (χ0) is 19.0. The highest BCUT2D eigenvalue weighted by Gasteiger charge is 2.13. The fourth-order valence-electron chi connectivity index (χ4n) is 2.76. The van der Waals surface area contributed by atoms with E-state index in [1.807, 2.05) is 37.3 Å². The summed E-state index contributed by atoms with van der Waals surface area (Å²) < 4.78 is 5.85. The molecular formula is C21H14Cl2N2O2. The Hall–Kier alpha value is -2.82. The fourth-order valence-corrected chi connectivity index (χ4v) is 3.25. The number of oxazole rings is 1. The normalized spacial score (nSPS) is 10.9. The molecule has 4 aromatic rings. The van der Waals surface area contributed by atoms with Gasteiger partial charge in [0.2, 0.25) is 5.89 Å². The van der Waals surface area contributed by atoms with Gasteiger partial charge in [-0.3, -0.25) is 4.79 Å². The van der Waals surface area contributed by atoms with Gasteiger partial charge in [0, 0.05) is 16.3 Å². The number of fused-ring (bicyclic) bond motifs is 1. The summed E-state index contributed by atoms with van der Waals surface area (Å²) in [7, 11) is 0. The minimum absolute atomic E-state index is 0.297. The minimum Gasteiger partial charge on any atom is -0.436 e. The minimum atomic E-state index is -0.318. The summed E-state index contributed by atoms with van der Waals surface area (Å²) in [5.41, 5.74) is 4.35. The SMILES string of the molecule is Cc1ccc2nc(-c3cccc(NC(=O)c4ccc(Cl)cc4Cl)c3)oc2c1. The predicted molar refractivity (Wildman–Crippen MR) is 109 cm³/mol. The number of hydrogen-bond acceptors (Lipinski definition) is 3. The number of rotatable bonds is 3. The van der Waals surface area contributed by atoms with Gasteiger partial charge in [0.1, 0.15) is 5.52 Å². The van der Waals surface area contributed by atoms with Gasteiger partial charge in [-0.05, 0) is 61.0 Å². The maximum absolute atomic E-state index is 12.5. The lowest BCUT2D eigenvalue weighted by Gasteiger charge is -2.08. The van der Waals surface area contributed by atoms with Gasteiger partial charge >= 0.3 is 0 Å². The lowest BCUT2D eigenvalue weighted by atomic mass is 10.1. The summed E-state index contributed by atoms with van der Waals surface area (Å²) in [5, 5.41) is 3.61. The Morgan fingerprint density at radius 2 is 1.89 bits per heavy atom. The zero-order valence-electron chi connectivity index (χ0n) is 14.3. The average molecular weight is 397 g/mol. The molecule has 0 spiro atoms. The first-order valence-electron chi connectivity index (χ1n) is 8.23. The molecule has 0 aliphatic heterocycles. The number of nitrogens with zero attached hydrogens (tertiary/aromatic N) is 1. The zero-order valence-corrected chi connectivity index (χ0v) is 15.8. The van der Waals surface area contributed by atoms with E-state index in [9.17, 15) is 4.79 Å². The maximum Gasteiger partial charge on any atom is 0.257 e. The molecule has 4 nitrogen and oxygen atoms in total. The van der Waals surface area contributed by atoms with Crippen molar-refractivity contribution in [3.05, 3.63) is 81.8 Å². The molecule has 0 atom stereocenters. The van der Waals surface area contributed by atoms with Crippen LogP contribution in [-0.2, 0) is 0 Å². The largest absolute Gasteiger partial charge is 0.436 e. The van der Waals surface area contributed by atoms with E-state index in [1.54, 1.807) is 24.3 Å². The molecule has 4 rings (SSSR count). The van der Waals surface area contributed by atoms with E-state index < -0.39 is 0 Å². The summed E-state index contributed by atoms with van der Waals surface area (Å²) >= 11 is 12.0. The smallest absolute Gasteiger partial charge is 0.257 e. The second-order valence-corrected chi connectivity index (χ2v) is 6.99. The molecule has 0 aliphatic rings. The highest BCUT2D eigenvalue weighted by molar-refractivity contribution is 6.37. The van der Waals surface area contributed by atoms with E-state index in [4.69, 9.17) is 27.6 Å². The molecule has 3 aromatic carbocycles. The van der Waals surface area contributed by atoms with E-state index >= 15 is 0 Å². The Morgan fingerprint density at radius 1 is 1.04 bits per heavy atom. The molecule has 0 radical (unpaired) electrons. The van der Waals surface area contributed by atoms with E-state index in [0.717, 1.165) is 22.2 Å². The van der Waals surface area contributed by atoms with Crippen molar-refractivity contribution in [1.82, 2.24) is 4.98 Å². The van der Waals surface area contributed by atoms with Gasteiger partial charge < -0.3 is 9.73 Å². The van der Waals surface area contributed by atoms with Crippen LogP contribution in [0.3, 0.4) is 0 Å². The van der Waals surface area contributed by atoms with Crippen molar-refractivity contribution in [2.75, 3.05) is 5.32 Å². The summed E-state index contributed by atoms with van der Waals surface area (Å²) in [5.74, 6) is 0.179. The number of carbonyl (C=O) groups excluding carboxylic acids is 1. The highest BCUT2D eigenvalue weighted by atomic mass is 35.5. The first-order chi connectivity index (χ1) is 13.0. The standard InChI is InChI=1S/C21H14Cl2N2O2/c1-12-5-8-18-19(9-12)27-21(25-18)13-3-2-4-15(10-13)24-20(26)16-7-6-14(22)11-17(16)23/h2-11H,1H3,(H,24,26). The maximum atomic E-state index is 12.5. The topological polar surface area (TPSA) is 55.1 Å². The second kappa shape index (κ2) is 7.06. The Labute approximate surface area is 165 Å². The van der Waals surface area contributed by atoms with Gasteiger partial charge in [-0.2, -0.15) is 0 Å². The third-order valence-electron chi connectivity index (χ3n) is 4.09. The molecule has 1 N–H and O–H groups in total. The number of benzene rings is 3. The molecule has 6 heteroatoms. The molecular weight excluding hydrogens is 383 g/mol. The van der Waals surface area contributed by atoms with Crippen LogP contribution in [0, 0.1) is 6.92 Å². The van der Waals surface area contributed by atoms with E-state index in [-0.39, 0.29) is 5.91 Å². The summed E-state index contributed by atoms with van der Waals surface area (Å²) in [6.45, 7) is 2.00. The Kier molecular flexibility index (Phi) is 4.60. The molecule has 0 saturated heterocycles. The first kappa shape index (κ1) is 17.6. The van der Waals surface area contributed by atoms with Crippen LogP contribution in [0.2, 0.25) is 10.0 Å².